The van der Waals surface area contributed by atoms with Crippen LogP contribution in [0.15, 0.2) is 36.5 Å². The normalized spacial score (nSPS) is 9.68. The standard InChI is InChI=1S/C13H7ClN2O3/c14-10-6-9(4-3-8(10)7-15)19-11-2-1-5-16-12(11)13(17)18/h1-6H,(H,17,18). The molecule has 0 saturated carbocycles. The fourth-order valence-corrected chi connectivity index (χ4v) is 1.62. The van der Waals surface area contributed by atoms with Gasteiger partial charge in [0, 0.05) is 12.3 Å². The lowest BCUT2D eigenvalue weighted by molar-refractivity contribution is 0.0687. The highest BCUT2D eigenvalue weighted by Gasteiger charge is 2.13. The molecule has 6 heteroatoms. The van der Waals surface area contributed by atoms with Gasteiger partial charge >= 0.3 is 5.97 Å². The molecule has 0 radical (unpaired) electrons. The van der Waals surface area contributed by atoms with Crippen LogP contribution in [0.4, 0.5) is 0 Å². The molecule has 19 heavy (non-hydrogen) atoms. The van der Waals surface area contributed by atoms with Gasteiger partial charge < -0.3 is 9.84 Å². The lowest BCUT2D eigenvalue weighted by Gasteiger charge is -2.08. The molecule has 2 aromatic rings. The summed E-state index contributed by atoms with van der Waals surface area (Å²) in [7, 11) is 0. The molecular weight excluding hydrogens is 268 g/mol. The molecule has 0 bridgehead atoms. The van der Waals surface area contributed by atoms with Gasteiger partial charge in [-0.15, -0.1) is 0 Å². The van der Waals surface area contributed by atoms with Crippen LogP contribution < -0.4 is 4.74 Å². The van der Waals surface area contributed by atoms with Gasteiger partial charge in [-0.05, 0) is 24.3 Å². The van der Waals surface area contributed by atoms with Crippen molar-refractivity contribution in [3.63, 3.8) is 0 Å². The molecule has 0 amide bonds. The number of nitrogens with zero attached hydrogens (tertiary/aromatic N) is 2. The molecule has 5 nitrogen and oxygen atoms in total. The highest BCUT2D eigenvalue weighted by atomic mass is 35.5. The van der Waals surface area contributed by atoms with E-state index in [1.807, 2.05) is 6.07 Å². The van der Waals surface area contributed by atoms with E-state index in [2.05, 4.69) is 4.98 Å². The van der Waals surface area contributed by atoms with Crippen LogP contribution >= 0.6 is 11.6 Å². The van der Waals surface area contributed by atoms with Gasteiger partial charge in [-0.2, -0.15) is 5.26 Å². The van der Waals surface area contributed by atoms with Gasteiger partial charge in [-0.25, -0.2) is 9.78 Å². The van der Waals surface area contributed by atoms with E-state index in [0.717, 1.165) is 0 Å². The van der Waals surface area contributed by atoms with Crippen LogP contribution in [0.5, 0.6) is 11.5 Å². The third kappa shape index (κ3) is 2.81. The van der Waals surface area contributed by atoms with E-state index >= 15 is 0 Å². The number of hydrogen-bond acceptors (Lipinski definition) is 4. The number of rotatable bonds is 3. The van der Waals surface area contributed by atoms with Crippen LogP contribution in [0.2, 0.25) is 5.02 Å². The Bertz CT molecular complexity index is 680. The summed E-state index contributed by atoms with van der Waals surface area (Å²) in [5.74, 6) is -0.745. The second-order valence-electron chi connectivity index (χ2n) is 3.51. The molecule has 0 atom stereocenters. The Morgan fingerprint density at radius 1 is 1.42 bits per heavy atom. The summed E-state index contributed by atoms with van der Waals surface area (Å²) in [6, 6.07) is 9.44. The Hall–Kier alpha value is -2.58. The van der Waals surface area contributed by atoms with Gasteiger partial charge in [0.2, 0.25) is 0 Å². The average Bonchev–Trinajstić information content (AvgIpc) is 2.39. The number of benzene rings is 1. The second kappa shape index (κ2) is 5.38. The molecule has 0 spiro atoms. The van der Waals surface area contributed by atoms with Crippen molar-refractivity contribution in [3.05, 3.63) is 52.8 Å². The van der Waals surface area contributed by atoms with E-state index in [9.17, 15) is 4.79 Å². The minimum atomic E-state index is -1.18. The number of ether oxygens (including phenoxy) is 1. The second-order valence-corrected chi connectivity index (χ2v) is 3.92. The largest absolute Gasteiger partial charge is 0.476 e. The number of carbonyl (C=O) groups is 1. The van der Waals surface area contributed by atoms with Crippen LogP contribution in [0, 0.1) is 11.3 Å². The van der Waals surface area contributed by atoms with Gasteiger partial charge in [0.15, 0.2) is 11.4 Å². The Kier molecular flexibility index (Phi) is 3.64. The Balaban J connectivity index is 2.34. The first-order chi connectivity index (χ1) is 9.11. The van der Waals surface area contributed by atoms with Crippen LogP contribution in [0.3, 0.4) is 0 Å². The molecule has 1 heterocycles. The summed E-state index contributed by atoms with van der Waals surface area (Å²) in [6.07, 6.45) is 1.36. The molecule has 0 fully saturated rings. The number of carboxylic acid groups (broad SMARTS) is 1. The van der Waals surface area contributed by atoms with E-state index in [4.69, 9.17) is 26.7 Å². The Labute approximate surface area is 113 Å². The summed E-state index contributed by atoms with van der Waals surface area (Å²) in [5.41, 5.74) is 0.127. The van der Waals surface area contributed by atoms with Gasteiger partial charge in [-0.1, -0.05) is 11.6 Å². The van der Waals surface area contributed by atoms with Crippen molar-refractivity contribution in [2.75, 3.05) is 0 Å². The first-order valence-electron chi connectivity index (χ1n) is 5.17. The number of aromatic carboxylic acids is 1. The molecule has 0 aliphatic rings. The summed E-state index contributed by atoms with van der Waals surface area (Å²) in [5, 5.41) is 18.0. The number of hydrogen-bond donors (Lipinski definition) is 1. The molecule has 1 N–H and O–H groups in total. The van der Waals surface area contributed by atoms with Crippen molar-refractivity contribution in [2.24, 2.45) is 0 Å². The zero-order valence-corrected chi connectivity index (χ0v) is 10.3. The van der Waals surface area contributed by atoms with Crippen molar-refractivity contribution in [2.45, 2.75) is 0 Å². The molecule has 94 valence electrons. The quantitative estimate of drug-likeness (QED) is 0.930. The first-order valence-corrected chi connectivity index (χ1v) is 5.55. The van der Waals surface area contributed by atoms with Crippen LogP contribution in [0.25, 0.3) is 0 Å². The van der Waals surface area contributed by atoms with E-state index in [0.29, 0.717) is 11.3 Å². The fraction of sp³-hybridized carbons (Fsp3) is 0. The zero-order valence-electron chi connectivity index (χ0n) is 9.50. The monoisotopic (exact) mass is 274 g/mol. The topological polar surface area (TPSA) is 83.2 Å². The van der Waals surface area contributed by atoms with Crippen molar-refractivity contribution >= 4 is 17.6 Å². The third-order valence-electron chi connectivity index (χ3n) is 2.26. The number of pyridine rings is 1. The van der Waals surface area contributed by atoms with E-state index in [-0.39, 0.29) is 16.5 Å². The lowest BCUT2D eigenvalue weighted by atomic mass is 10.2. The summed E-state index contributed by atoms with van der Waals surface area (Å²) in [6.45, 7) is 0. The SMILES string of the molecule is N#Cc1ccc(Oc2cccnc2C(=O)O)cc1Cl. The minimum absolute atomic E-state index is 0.107. The van der Waals surface area contributed by atoms with E-state index < -0.39 is 5.97 Å². The average molecular weight is 275 g/mol. The first kappa shape index (κ1) is 12.9. The predicted octanol–water partition coefficient (Wildman–Crippen LogP) is 3.10. The Morgan fingerprint density at radius 2 is 2.21 bits per heavy atom. The summed E-state index contributed by atoms with van der Waals surface area (Å²) in [4.78, 5) is 14.7. The predicted molar refractivity (Wildman–Crippen MR) is 67.4 cm³/mol. The molecule has 0 saturated heterocycles. The van der Waals surface area contributed by atoms with Gasteiger partial charge in [0.05, 0.1) is 10.6 Å². The van der Waals surface area contributed by atoms with Crippen LogP contribution in [0.1, 0.15) is 16.1 Å². The van der Waals surface area contributed by atoms with E-state index in [1.54, 1.807) is 6.07 Å². The molecule has 2 rings (SSSR count). The number of halogens is 1. The third-order valence-corrected chi connectivity index (χ3v) is 2.57. The molecular formula is C13H7ClN2O3. The van der Waals surface area contributed by atoms with Crippen molar-refractivity contribution in [1.82, 2.24) is 4.98 Å². The number of carboxylic acids is 1. The van der Waals surface area contributed by atoms with Gasteiger partial charge in [0.25, 0.3) is 0 Å². The maximum absolute atomic E-state index is 11.0. The maximum atomic E-state index is 11.0. The summed E-state index contributed by atoms with van der Waals surface area (Å²) < 4.78 is 5.41. The number of nitriles is 1. The van der Waals surface area contributed by atoms with Gasteiger partial charge in [0.1, 0.15) is 11.8 Å². The van der Waals surface area contributed by atoms with E-state index in [1.165, 1.54) is 30.5 Å². The highest BCUT2D eigenvalue weighted by Crippen LogP contribution is 2.27. The highest BCUT2D eigenvalue weighted by molar-refractivity contribution is 6.31. The molecule has 1 aromatic heterocycles. The molecule has 0 aliphatic heterocycles. The molecule has 0 unspecified atom stereocenters. The fourth-order valence-electron chi connectivity index (χ4n) is 1.41. The van der Waals surface area contributed by atoms with Crippen LogP contribution in [-0.2, 0) is 0 Å². The Morgan fingerprint density at radius 3 is 2.84 bits per heavy atom. The van der Waals surface area contributed by atoms with Crippen molar-refractivity contribution in [1.29, 1.82) is 5.26 Å². The zero-order chi connectivity index (χ0) is 13.8. The molecule has 0 aliphatic carbocycles. The van der Waals surface area contributed by atoms with Crippen molar-refractivity contribution in [3.8, 4) is 17.6 Å². The maximum Gasteiger partial charge on any atom is 0.358 e. The smallest absolute Gasteiger partial charge is 0.358 e. The van der Waals surface area contributed by atoms with Crippen LogP contribution in [-0.4, -0.2) is 16.1 Å². The minimum Gasteiger partial charge on any atom is -0.476 e. The van der Waals surface area contributed by atoms with Crippen molar-refractivity contribution < 1.29 is 14.6 Å². The lowest BCUT2D eigenvalue weighted by Crippen LogP contribution is -2.02. The van der Waals surface area contributed by atoms with Gasteiger partial charge in [-0.3, -0.25) is 0 Å². The number of aromatic nitrogens is 1. The summed E-state index contributed by atoms with van der Waals surface area (Å²) >= 11 is 5.86. The molecule has 1 aromatic carbocycles.